The van der Waals surface area contributed by atoms with Crippen molar-refractivity contribution in [2.24, 2.45) is 0 Å². The van der Waals surface area contributed by atoms with E-state index in [1.54, 1.807) is 18.7 Å². The van der Waals surface area contributed by atoms with Crippen LogP contribution in [0.15, 0.2) is 47.5 Å². The second kappa shape index (κ2) is 8.64. The first-order valence-electron chi connectivity index (χ1n) is 8.99. The zero-order valence-electron chi connectivity index (χ0n) is 15.4. The zero-order chi connectivity index (χ0) is 21.0. The lowest BCUT2D eigenvalue weighted by Gasteiger charge is -2.25. The second-order valence-corrected chi connectivity index (χ2v) is 6.92. The third-order valence-electron chi connectivity index (χ3n) is 5.01. The number of aromatic nitrogens is 1. The Hall–Kier alpha value is -2.88. The maximum atomic E-state index is 12.4. The number of carboxylic acids is 1. The molecule has 29 heavy (non-hydrogen) atoms. The number of fused-ring (bicyclic) bond motifs is 1. The molecule has 0 radical (unpaired) electrons. The molecule has 2 aromatic rings. The largest absolute Gasteiger partial charge is 0.490 e. The van der Waals surface area contributed by atoms with Gasteiger partial charge < -0.3 is 14.4 Å². The number of carbonyl (C=O) groups excluding carboxylic acids is 1. The predicted octanol–water partition coefficient (Wildman–Crippen LogP) is 2.68. The Labute approximate surface area is 164 Å². The minimum Gasteiger partial charge on any atom is -0.475 e. The first kappa shape index (κ1) is 20.8. The Morgan fingerprint density at radius 3 is 2.59 bits per heavy atom. The van der Waals surface area contributed by atoms with Gasteiger partial charge in [0.15, 0.2) is 0 Å². The average Bonchev–Trinajstić information content (AvgIpc) is 3.37. The number of aliphatic carboxylic acids is 1. The number of carboxylic acid groups (broad SMARTS) is 1. The molecule has 10 heteroatoms. The van der Waals surface area contributed by atoms with E-state index >= 15 is 0 Å². The number of carbonyl (C=O) groups is 2. The van der Waals surface area contributed by atoms with Gasteiger partial charge in [-0.3, -0.25) is 14.7 Å². The average molecular weight is 411 g/mol. The summed E-state index contributed by atoms with van der Waals surface area (Å²) >= 11 is 0. The Balaban J connectivity index is 0.000000298. The number of alkyl halides is 3. The van der Waals surface area contributed by atoms with Gasteiger partial charge in [-0.15, -0.1) is 0 Å². The van der Waals surface area contributed by atoms with Crippen molar-refractivity contribution in [3.63, 3.8) is 0 Å². The van der Waals surface area contributed by atoms with Crippen molar-refractivity contribution in [3.8, 4) is 0 Å². The summed E-state index contributed by atoms with van der Waals surface area (Å²) in [5.41, 5.74) is 2.28. The van der Waals surface area contributed by atoms with Crippen molar-refractivity contribution < 1.29 is 32.3 Å². The van der Waals surface area contributed by atoms with Crippen LogP contribution in [0.25, 0.3) is 0 Å². The van der Waals surface area contributed by atoms with E-state index in [4.69, 9.17) is 14.3 Å². The van der Waals surface area contributed by atoms with Crippen LogP contribution in [0.1, 0.15) is 24.0 Å². The highest BCUT2D eigenvalue weighted by molar-refractivity contribution is 5.80. The third kappa shape index (κ3) is 5.14. The summed E-state index contributed by atoms with van der Waals surface area (Å²) in [5, 5.41) is 7.12. The molecule has 4 heterocycles. The lowest BCUT2D eigenvalue weighted by molar-refractivity contribution is -0.192. The van der Waals surface area contributed by atoms with Crippen molar-refractivity contribution in [3.05, 3.63) is 54.2 Å². The number of likely N-dealkylation sites (tertiary alicyclic amines) is 2. The zero-order valence-corrected chi connectivity index (χ0v) is 15.4. The molecule has 2 aliphatic heterocycles. The van der Waals surface area contributed by atoms with Gasteiger partial charge in [0.25, 0.3) is 0 Å². The van der Waals surface area contributed by atoms with Gasteiger partial charge in [0.1, 0.15) is 0 Å². The van der Waals surface area contributed by atoms with E-state index in [-0.39, 0.29) is 5.91 Å². The Kier molecular flexibility index (Phi) is 6.21. The van der Waals surface area contributed by atoms with Gasteiger partial charge in [0, 0.05) is 56.1 Å². The molecule has 2 aromatic heterocycles. The minimum absolute atomic E-state index is 0.260. The lowest BCUT2D eigenvalue weighted by atomic mass is 10.1. The lowest BCUT2D eigenvalue weighted by Crippen LogP contribution is -2.36. The van der Waals surface area contributed by atoms with Gasteiger partial charge in [-0.25, -0.2) is 4.79 Å². The Bertz CT molecular complexity index is 827. The number of nitrogens with zero attached hydrogens (tertiary/aromatic N) is 3. The highest BCUT2D eigenvalue weighted by Crippen LogP contribution is 2.34. The highest BCUT2D eigenvalue weighted by Gasteiger charge is 2.46. The first-order chi connectivity index (χ1) is 13.8. The van der Waals surface area contributed by atoms with Crippen LogP contribution in [-0.4, -0.2) is 56.6 Å². The Morgan fingerprint density at radius 2 is 2.00 bits per heavy atom. The Morgan fingerprint density at radius 1 is 1.24 bits per heavy atom. The van der Waals surface area contributed by atoms with Crippen LogP contribution in [0.3, 0.4) is 0 Å². The quantitative estimate of drug-likeness (QED) is 0.833. The predicted molar refractivity (Wildman–Crippen MR) is 94.4 cm³/mol. The number of hydrogen-bond acceptors (Lipinski definition) is 5. The van der Waals surface area contributed by atoms with Gasteiger partial charge in [0.05, 0.1) is 12.5 Å². The summed E-state index contributed by atoms with van der Waals surface area (Å²) in [6, 6.07) is 6.62. The molecular formula is C19H20F3N3O4. The second-order valence-electron chi connectivity index (χ2n) is 6.92. The molecule has 2 fully saturated rings. The van der Waals surface area contributed by atoms with Crippen molar-refractivity contribution in [2.75, 3.05) is 6.54 Å². The molecule has 1 N–H and O–H groups in total. The molecule has 2 aliphatic rings. The van der Waals surface area contributed by atoms with Crippen LogP contribution < -0.4 is 0 Å². The summed E-state index contributed by atoms with van der Waals surface area (Å²) in [4.78, 5) is 29.9. The van der Waals surface area contributed by atoms with Crippen LogP contribution in [0, 0.1) is 0 Å². The van der Waals surface area contributed by atoms with Gasteiger partial charge in [0.2, 0.25) is 5.91 Å². The maximum absolute atomic E-state index is 12.4. The summed E-state index contributed by atoms with van der Waals surface area (Å²) < 4.78 is 36.9. The van der Waals surface area contributed by atoms with Crippen molar-refractivity contribution in [1.29, 1.82) is 0 Å². The molecular weight excluding hydrogens is 391 g/mol. The van der Waals surface area contributed by atoms with Crippen molar-refractivity contribution >= 4 is 11.9 Å². The number of hydrogen-bond donors (Lipinski definition) is 1. The molecule has 2 atom stereocenters. The molecule has 1 amide bonds. The van der Waals surface area contributed by atoms with E-state index in [0.717, 1.165) is 25.1 Å². The fraction of sp³-hybridized carbons (Fsp3) is 0.421. The minimum atomic E-state index is -5.08. The SMILES string of the molecule is O=C(O)C(F)(F)F.O=C1CC2C(CCN2Cc2ccoc2)N1Cc1cccnc1. The van der Waals surface area contributed by atoms with E-state index < -0.39 is 12.1 Å². The first-order valence-corrected chi connectivity index (χ1v) is 8.99. The molecule has 0 saturated carbocycles. The fourth-order valence-corrected chi connectivity index (χ4v) is 3.72. The third-order valence-corrected chi connectivity index (χ3v) is 5.01. The molecule has 7 nitrogen and oxygen atoms in total. The van der Waals surface area contributed by atoms with E-state index in [2.05, 4.69) is 9.88 Å². The highest BCUT2D eigenvalue weighted by atomic mass is 19.4. The van der Waals surface area contributed by atoms with Gasteiger partial charge >= 0.3 is 12.1 Å². The number of halogens is 3. The van der Waals surface area contributed by atoms with E-state index in [0.29, 0.717) is 25.0 Å². The van der Waals surface area contributed by atoms with E-state index in [1.807, 2.05) is 29.3 Å². The van der Waals surface area contributed by atoms with Crippen LogP contribution >= 0.6 is 0 Å². The fourth-order valence-electron chi connectivity index (χ4n) is 3.72. The normalized spacial score (nSPS) is 21.6. The molecule has 0 aromatic carbocycles. The van der Waals surface area contributed by atoms with Crippen molar-refractivity contribution in [2.45, 2.75) is 44.2 Å². The number of amides is 1. The van der Waals surface area contributed by atoms with Crippen LogP contribution in [-0.2, 0) is 22.7 Å². The van der Waals surface area contributed by atoms with Crippen molar-refractivity contribution in [1.82, 2.24) is 14.8 Å². The molecule has 2 unspecified atom stereocenters. The molecule has 0 bridgehead atoms. The van der Waals surface area contributed by atoms with Crippen LogP contribution in [0.4, 0.5) is 13.2 Å². The summed E-state index contributed by atoms with van der Waals surface area (Å²) in [6.45, 7) is 2.58. The van der Waals surface area contributed by atoms with Gasteiger partial charge in [-0.05, 0) is 24.1 Å². The molecule has 0 aliphatic carbocycles. The topological polar surface area (TPSA) is 86.9 Å². The van der Waals surface area contributed by atoms with Gasteiger partial charge in [-0.1, -0.05) is 6.07 Å². The molecule has 0 spiro atoms. The number of furan rings is 1. The standard InChI is InChI=1S/C17H19N3O2.C2HF3O2/c21-17-8-16-15(20(17)11-13-2-1-5-18-9-13)3-6-19(16)10-14-4-7-22-12-14;3-2(4,5)1(6)7/h1-2,4-5,7,9,12,15-16H,3,6,8,10-11H2;(H,6,7). The smallest absolute Gasteiger partial charge is 0.475 e. The number of pyridine rings is 1. The molecule has 2 saturated heterocycles. The number of rotatable bonds is 4. The van der Waals surface area contributed by atoms with Crippen LogP contribution in [0.2, 0.25) is 0 Å². The summed E-state index contributed by atoms with van der Waals surface area (Å²) in [7, 11) is 0. The van der Waals surface area contributed by atoms with E-state index in [9.17, 15) is 18.0 Å². The summed E-state index contributed by atoms with van der Waals surface area (Å²) in [5.74, 6) is -2.50. The molecule has 156 valence electrons. The summed E-state index contributed by atoms with van der Waals surface area (Å²) in [6.07, 6.45) is 3.70. The monoisotopic (exact) mass is 411 g/mol. The van der Waals surface area contributed by atoms with Crippen LogP contribution in [0.5, 0.6) is 0 Å². The maximum Gasteiger partial charge on any atom is 0.490 e. The van der Waals surface area contributed by atoms with E-state index in [1.165, 1.54) is 5.56 Å². The molecule has 4 rings (SSSR count). The van der Waals surface area contributed by atoms with Gasteiger partial charge in [-0.2, -0.15) is 13.2 Å².